The van der Waals surface area contributed by atoms with Gasteiger partial charge in [-0.3, -0.25) is 10.1 Å². The maximum atomic E-state index is 10.9. The van der Waals surface area contributed by atoms with E-state index in [2.05, 4.69) is 5.32 Å². The van der Waals surface area contributed by atoms with Crippen LogP contribution in [0.15, 0.2) is 24.3 Å². The molecule has 0 unspecified atom stereocenters. The summed E-state index contributed by atoms with van der Waals surface area (Å²) in [5.74, 6) is 0. The lowest BCUT2D eigenvalue weighted by Crippen LogP contribution is -2.36. The van der Waals surface area contributed by atoms with Crippen LogP contribution in [-0.2, 0) is 0 Å². The van der Waals surface area contributed by atoms with Crippen molar-refractivity contribution < 1.29 is 10.0 Å². The number of nitrogens with one attached hydrogen (secondary N) is 1. The molecule has 1 aromatic carbocycles. The Morgan fingerprint density at radius 1 is 1.21 bits per heavy atom. The van der Waals surface area contributed by atoms with Crippen molar-refractivity contribution in [1.82, 2.24) is 0 Å². The molecule has 1 saturated carbocycles. The number of para-hydroxylation sites is 2. The number of aliphatic hydroxyl groups is 1. The van der Waals surface area contributed by atoms with Crippen LogP contribution in [-0.4, -0.2) is 22.2 Å². The molecule has 104 valence electrons. The zero-order chi connectivity index (χ0) is 13.7. The number of hydrogen-bond acceptors (Lipinski definition) is 4. The average Bonchev–Trinajstić information content (AvgIpc) is 2.62. The zero-order valence-electron chi connectivity index (χ0n) is 11.0. The molecule has 0 saturated heterocycles. The molecule has 0 aromatic heterocycles. The lowest BCUT2D eigenvalue weighted by Gasteiger charge is -2.27. The van der Waals surface area contributed by atoms with E-state index in [1.165, 1.54) is 6.07 Å². The minimum atomic E-state index is -0.736. The molecule has 19 heavy (non-hydrogen) atoms. The van der Waals surface area contributed by atoms with Gasteiger partial charge in [-0.15, -0.1) is 0 Å². The van der Waals surface area contributed by atoms with Crippen LogP contribution in [0.1, 0.15) is 38.5 Å². The van der Waals surface area contributed by atoms with Gasteiger partial charge in [0.2, 0.25) is 0 Å². The molecule has 1 aliphatic rings. The van der Waals surface area contributed by atoms with Gasteiger partial charge in [0.05, 0.1) is 10.5 Å². The quantitative estimate of drug-likeness (QED) is 0.498. The Labute approximate surface area is 112 Å². The van der Waals surface area contributed by atoms with E-state index in [-0.39, 0.29) is 5.69 Å². The van der Waals surface area contributed by atoms with Gasteiger partial charge in [-0.2, -0.15) is 0 Å². The molecule has 0 heterocycles. The Hall–Kier alpha value is -1.62. The highest BCUT2D eigenvalue weighted by Crippen LogP contribution is 2.29. The standard InChI is InChI=1S/C14H20N2O3/c17-14(9-5-1-2-6-10-14)11-15-12-7-3-4-8-13(12)16(18)19/h3-4,7-8,15,17H,1-2,5-6,9-11H2. The molecule has 0 radical (unpaired) electrons. The Kier molecular flexibility index (Phi) is 4.37. The van der Waals surface area contributed by atoms with Crippen LogP contribution in [0, 0.1) is 10.1 Å². The van der Waals surface area contributed by atoms with E-state index in [0.717, 1.165) is 38.5 Å². The minimum Gasteiger partial charge on any atom is -0.388 e. The first-order chi connectivity index (χ1) is 9.11. The van der Waals surface area contributed by atoms with Crippen LogP contribution in [0.4, 0.5) is 11.4 Å². The number of nitro benzene ring substituents is 1. The maximum absolute atomic E-state index is 10.9. The van der Waals surface area contributed by atoms with Crippen LogP contribution in [0.3, 0.4) is 0 Å². The number of nitrogens with zero attached hydrogens (tertiary/aromatic N) is 1. The van der Waals surface area contributed by atoms with E-state index in [4.69, 9.17) is 0 Å². The van der Waals surface area contributed by atoms with Gasteiger partial charge in [0.1, 0.15) is 5.69 Å². The molecule has 2 N–H and O–H groups in total. The number of rotatable bonds is 4. The summed E-state index contributed by atoms with van der Waals surface area (Å²) in [5, 5.41) is 24.5. The second-order valence-corrected chi connectivity index (χ2v) is 5.27. The summed E-state index contributed by atoms with van der Waals surface area (Å²) >= 11 is 0. The molecule has 0 aliphatic heterocycles. The predicted octanol–water partition coefficient (Wildman–Crippen LogP) is 3.09. The molecule has 0 bridgehead atoms. The highest BCUT2D eigenvalue weighted by Gasteiger charge is 2.28. The molecule has 1 aromatic rings. The maximum Gasteiger partial charge on any atom is 0.292 e. The van der Waals surface area contributed by atoms with Gasteiger partial charge in [-0.1, -0.05) is 37.8 Å². The molecular formula is C14H20N2O3. The van der Waals surface area contributed by atoms with E-state index in [1.807, 2.05) is 0 Å². The zero-order valence-corrected chi connectivity index (χ0v) is 11.0. The van der Waals surface area contributed by atoms with E-state index in [9.17, 15) is 15.2 Å². The monoisotopic (exact) mass is 264 g/mol. The summed E-state index contributed by atoms with van der Waals surface area (Å²) in [6, 6.07) is 6.55. The second-order valence-electron chi connectivity index (χ2n) is 5.27. The van der Waals surface area contributed by atoms with Gasteiger partial charge >= 0.3 is 0 Å². The van der Waals surface area contributed by atoms with Gasteiger partial charge in [-0.25, -0.2) is 0 Å². The van der Waals surface area contributed by atoms with Crippen molar-refractivity contribution in [3.05, 3.63) is 34.4 Å². The Balaban J connectivity index is 2.03. The summed E-state index contributed by atoms with van der Waals surface area (Å²) in [7, 11) is 0. The largest absolute Gasteiger partial charge is 0.388 e. The third-order valence-electron chi connectivity index (χ3n) is 3.74. The first kappa shape index (κ1) is 13.8. The number of anilines is 1. The highest BCUT2D eigenvalue weighted by atomic mass is 16.6. The van der Waals surface area contributed by atoms with Gasteiger partial charge in [0.25, 0.3) is 5.69 Å². The number of hydrogen-bond donors (Lipinski definition) is 2. The van der Waals surface area contributed by atoms with Crippen molar-refractivity contribution in [1.29, 1.82) is 0 Å². The third-order valence-corrected chi connectivity index (χ3v) is 3.74. The molecular weight excluding hydrogens is 244 g/mol. The molecule has 1 aliphatic carbocycles. The van der Waals surface area contributed by atoms with Crippen molar-refractivity contribution >= 4 is 11.4 Å². The Morgan fingerprint density at radius 2 is 1.84 bits per heavy atom. The van der Waals surface area contributed by atoms with E-state index >= 15 is 0 Å². The summed E-state index contributed by atoms with van der Waals surface area (Å²) in [6.07, 6.45) is 5.90. The topological polar surface area (TPSA) is 75.4 Å². The lowest BCUT2D eigenvalue weighted by atomic mass is 9.94. The SMILES string of the molecule is O=[N+]([O-])c1ccccc1NCC1(O)CCCCCC1. The van der Waals surface area contributed by atoms with E-state index in [1.54, 1.807) is 18.2 Å². The van der Waals surface area contributed by atoms with Crippen molar-refractivity contribution in [2.45, 2.75) is 44.1 Å². The first-order valence-electron chi connectivity index (χ1n) is 6.80. The van der Waals surface area contributed by atoms with Crippen LogP contribution >= 0.6 is 0 Å². The van der Waals surface area contributed by atoms with Gasteiger partial charge in [-0.05, 0) is 18.9 Å². The smallest absolute Gasteiger partial charge is 0.292 e. The molecule has 5 nitrogen and oxygen atoms in total. The van der Waals surface area contributed by atoms with Gasteiger partial charge in [0, 0.05) is 12.6 Å². The van der Waals surface area contributed by atoms with Gasteiger partial charge < -0.3 is 10.4 Å². The Morgan fingerprint density at radius 3 is 2.47 bits per heavy atom. The first-order valence-corrected chi connectivity index (χ1v) is 6.80. The van der Waals surface area contributed by atoms with Crippen molar-refractivity contribution in [2.24, 2.45) is 0 Å². The lowest BCUT2D eigenvalue weighted by molar-refractivity contribution is -0.384. The van der Waals surface area contributed by atoms with E-state index in [0.29, 0.717) is 12.2 Å². The van der Waals surface area contributed by atoms with Crippen LogP contribution in [0.25, 0.3) is 0 Å². The van der Waals surface area contributed by atoms with Crippen LogP contribution in [0.2, 0.25) is 0 Å². The van der Waals surface area contributed by atoms with Crippen molar-refractivity contribution in [3.63, 3.8) is 0 Å². The molecule has 5 heteroatoms. The van der Waals surface area contributed by atoms with Crippen LogP contribution in [0.5, 0.6) is 0 Å². The van der Waals surface area contributed by atoms with Crippen molar-refractivity contribution in [2.75, 3.05) is 11.9 Å². The molecule has 2 rings (SSSR count). The fourth-order valence-electron chi connectivity index (χ4n) is 2.61. The van der Waals surface area contributed by atoms with E-state index < -0.39 is 10.5 Å². The van der Waals surface area contributed by atoms with Crippen LogP contribution < -0.4 is 5.32 Å². The highest BCUT2D eigenvalue weighted by molar-refractivity contribution is 5.61. The average molecular weight is 264 g/mol. The fraction of sp³-hybridized carbons (Fsp3) is 0.571. The summed E-state index contributed by atoms with van der Waals surface area (Å²) < 4.78 is 0. The minimum absolute atomic E-state index is 0.0553. The predicted molar refractivity (Wildman–Crippen MR) is 74.2 cm³/mol. The summed E-state index contributed by atoms with van der Waals surface area (Å²) in [6.45, 7) is 0.373. The molecule has 0 spiro atoms. The Bertz CT molecular complexity index is 440. The molecule has 0 amide bonds. The fourth-order valence-corrected chi connectivity index (χ4v) is 2.61. The number of nitro groups is 1. The van der Waals surface area contributed by atoms with Crippen molar-refractivity contribution in [3.8, 4) is 0 Å². The van der Waals surface area contributed by atoms with Gasteiger partial charge in [0.15, 0.2) is 0 Å². The summed E-state index contributed by atoms with van der Waals surface area (Å²) in [4.78, 5) is 10.5. The third kappa shape index (κ3) is 3.67. The second kappa shape index (κ2) is 6.02. The molecule has 1 fully saturated rings. The number of benzene rings is 1. The normalized spacial score (nSPS) is 18.6. The summed E-state index contributed by atoms with van der Waals surface area (Å²) in [5.41, 5.74) is -0.204. The molecule has 0 atom stereocenters.